The fourth-order valence-electron chi connectivity index (χ4n) is 0.302. The van der Waals surface area contributed by atoms with Gasteiger partial charge in [0.1, 0.15) is 5.16 Å². The van der Waals surface area contributed by atoms with E-state index in [-0.39, 0.29) is 10.9 Å². The van der Waals surface area contributed by atoms with Gasteiger partial charge in [-0.2, -0.15) is 0 Å². The Kier molecular flexibility index (Phi) is 4.50. The molecule has 0 heterocycles. The summed E-state index contributed by atoms with van der Waals surface area (Å²) in [4.78, 5) is 13.9. The van der Waals surface area contributed by atoms with Crippen LogP contribution in [-0.4, -0.2) is 12.0 Å². The molecule has 3 heteroatoms. The van der Waals surface area contributed by atoms with Gasteiger partial charge in [0.25, 0.3) is 0 Å². The van der Waals surface area contributed by atoms with Gasteiger partial charge in [-0.3, -0.25) is 4.79 Å². The molecule has 0 saturated carbocycles. The predicted octanol–water partition coefficient (Wildman–Crippen LogP) is 1.91. The van der Waals surface area contributed by atoms with Crippen molar-refractivity contribution in [3.8, 4) is 0 Å². The number of carbonyl (C=O) groups is 1. The summed E-state index contributed by atoms with van der Waals surface area (Å²) >= 11 is 5.28. The first kappa shape index (κ1) is 9.11. The van der Waals surface area contributed by atoms with Crippen LogP contribution in [0.15, 0.2) is 28.9 Å². The summed E-state index contributed by atoms with van der Waals surface area (Å²) in [6.45, 7) is 4.78. The van der Waals surface area contributed by atoms with Crippen molar-refractivity contribution in [2.75, 3.05) is 0 Å². The molecule has 0 fully saturated rings. The van der Waals surface area contributed by atoms with Crippen molar-refractivity contribution in [2.24, 2.45) is 4.99 Å². The molecule has 0 radical (unpaired) electrons. The number of rotatable bonds is 3. The number of ketones is 1. The van der Waals surface area contributed by atoms with Crippen LogP contribution in [0.5, 0.6) is 0 Å². The van der Waals surface area contributed by atoms with E-state index in [1.165, 1.54) is 25.3 Å². The normalized spacial score (nSPS) is 11.0. The molecule has 0 amide bonds. The highest BCUT2D eigenvalue weighted by Gasteiger charge is 1.77. The lowest BCUT2D eigenvalue weighted by molar-refractivity contribution is -0.112. The maximum absolute atomic E-state index is 10.3. The quantitative estimate of drug-likeness (QED) is 0.350. The van der Waals surface area contributed by atoms with Crippen LogP contribution in [0.3, 0.4) is 0 Å². The minimum absolute atomic E-state index is 0.0216. The van der Waals surface area contributed by atoms with Crippen molar-refractivity contribution in [2.45, 2.75) is 6.92 Å². The zero-order chi connectivity index (χ0) is 7.98. The summed E-state index contributed by atoms with van der Waals surface area (Å²) < 4.78 is 0. The Balaban J connectivity index is 3.73. The standard InChI is InChI=1S/C7H8ClNO/c1-6(10)4-3-5-9-7(2)8/h3-5H,2H2,1H3/b4-3+,9-5-. The third kappa shape index (κ3) is 7.11. The Hall–Kier alpha value is -0.890. The molecule has 2 nitrogen and oxygen atoms in total. The van der Waals surface area contributed by atoms with Crippen LogP contribution < -0.4 is 0 Å². The van der Waals surface area contributed by atoms with Crippen LogP contribution in [0.1, 0.15) is 6.92 Å². The number of hydrogen-bond donors (Lipinski definition) is 0. The van der Waals surface area contributed by atoms with Gasteiger partial charge in [0.15, 0.2) is 5.78 Å². The zero-order valence-corrected chi connectivity index (χ0v) is 6.43. The van der Waals surface area contributed by atoms with Crippen molar-refractivity contribution in [3.05, 3.63) is 23.9 Å². The Bertz CT molecular complexity index is 172. The van der Waals surface area contributed by atoms with Crippen molar-refractivity contribution in [3.63, 3.8) is 0 Å². The summed E-state index contributed by atoms with van der Waals surface area (Å²) in [5.74, 6) is -0.0216. The Morgan fingerprint density at radius 2 is 2.30 bits per heavy atom. The molecule has 0 aromatic heterocycles. The van der Waals surface area contributed by atoms with E-state index in [1.54, 1.807) is 0 Å². The highest BCUT2D eigenvalue weighted by molar-refractivity contribution is 6.29. The number of hydrogen-bond acceptors (Lipinski definition) is 2. The number of halogens is 1. The molecule has 0 saturated heterocycles. The summed E-state index contributed by atoms with van der Waals surface area (Å²) in [5, 5.41) is 0.202. The van der Waals surface area contributed by atoms with E-state index in [0.717, 1.165) is 0 Å². The molecule has 0 atom stereocenters. The minimum atomic E-state index is -0.0216. The lowest BCUT2D eigenvalue weighted by Gasteiger charge is -1.78. The third-order valence-corrected chi connectivity index (χ3v) is 0.729. The molecular weight excluding hydrogens is 150 g/mol. The van der Waals surface area contributed by atoms with Crippen LogP contribution in [0, 0.1) is 0 Å². The second kappa shape index (κ2) is 4.94. The van der Waals surface area contributed by atoms with E-state index in [9.17, 15) is 4.79 Å². The molecule has 0 aliphatic rings. The van der Waals surface area contributed by atoms with E-state index >= 15 is 0 Å². The van der Waals surface area contributed by atoms with Crippen molar-refractivity contribution in [1.29, 1.82) is 0 Å². The van der Waals surface area contributed by atoms with E-state index in [0.29, 0.717) is 0 Å². The molecule has 0 unspecified atom stereocenters. The molecular formula is C7H8ClNO. The van der Waals surface area contributed by atoms with E-state index in [4.69, 9.17) is 11.6 Å². The molecule has 0 aromatic rings. The molecule has 0 aliphatic carbocycles. The fraction of sp³-hybridized carbons (Fsp3) is 0.143. The number of aliphatic imine (C=N–C) groups is 1. The van der Waals surface area contributed by atoms with Gasteiger partial charge in [0.2, 0.25) is 0 Å². The van der Waals surface area contributed by atoms with Crippen molar-refractivity contribution < 1.29 is 4.79 Å². The van der Waals surface area contributed by atoms with Gasteiger partial charge < -0.3 is 0 Å². The number of nitrogens with zero attached hydrogens (tertiary/aromatic N) is 1. The van der Waals surface area contributed by atoms with Crippen LogP contribution in [-0.2, 0) is 4.79 Å². The maximum Gasteiger partial charge on any atom is 0.152 e. The summed E-state index contributed by atoms with van der Waals surface area (Å²) in [6, 6.07) is 0. The van der Waals surface area contributed by atoms with Crippen LogP contribution in [0.25, 0.3) is 0 Å². The molecule has 10 heavy (non-hydrogen) atoms. The topological polar surface area (TPSA) is 29.4 Å². The zero-order valence-electron chi connectivity index (χ0n) is 5.67. The number of allylic oxidation sites excluding steroid dienone is 2. The first-order valence-corrected chi connectivity index (χ1v) is 3.06. The highest BCUT2D eigenvalue weighted by Crippen LogP contribution is 1.94. The molecule has 0 aliphatic heterocycles. The first-order chi connectivity index (χ1) is 4.63. The average molecular weight is 158 g/mol. The summed E-state index contributed by atoms with van der Waals surface area (Å²) in [6.07, 6.45) is 4.32. The predicted molar refractivity (Wildman–Crippen MR) is 43.3 cm³/mol. The Morgan fingerprint density at radius 3 is 2.70 bits per heavy atom. The van der Waals surface area contributed by atoms with Crippen molar-refractivity contribution in [1.82, 2.24) is 0 Å². The largest absolute Gasteiger partial charge is 0.295 e. The minimum Gasteiger partial charge on any atom is -0.295 e. The smallest absolute Gasteiger partial charge is 0.152 e. The molecule has 0 aromatic carbocycles. The highest BCUT2D eigenvalue weighted by atomic mass is 35.5. The van der Waals surface area contributed by atoms with Crippen LogP contribution >= 0.6 is 11.6 Å². The molecule has 54 valence electrons. The van der Waals surface area contributed by atoms with Gasteiger partial charge in [0, 0.05) is 6.21 Å². The molecule has 0 rings (SSSR count). The summed E-state index contributed by atoms with van der Waals surface area (Å²) in [5.41, 5.74) is 0. The lowest BCUT2D eigenvalue weighted by Crippen LogP contribution is -1.79. The Labute approximate surface area is 64.9 Å². The monoisotopic (exact) mass is 157 g/mol. The third-order valence-electron chi connectivity index (χ3n) is 0.632. The van der Waals surface area contributed by atoms with Gasteiger partial charge in [-0.15, -0.1) is 0 Å². The van der Waals surface area contributed by atoms with Crippen molar-refractivity contribution >= 4 is 23.6 Å². The molecule has 0 bridgehead atoms. The summed E-state index contributed by atoms with van der Waals surface area (Å²) in [7, 11) is 0. The molecule has 0 N–H and O–H groups in total. The van der Waals surface area contributed by atoms with Gasteiger partial charge in [-0.1, -0.05) is 18.2 Å². The molecule has 0 spiro atoms. The van der Waals surface area contributed by atoms with E-state index in [2.05, 4.69) is 11.6 Å². The second-order valence-corrected chi connectivity index (χ2v) is 2.06. The first-order valence-electron chi connectivity index (χ1n) is 2.68. The van der Waals surface area contributed by atoms with Gasteiger partial charge in [0.05, 0.1) is 0 Å². The van der Waals surface area contributed by atoms with Gasteiger partial charge in [-0.25, -0.2) is 4.99 Å². The number of carbonyl (C=O) groups excluding carboxylic acids is 1. The average Bonchev–Trinajstić information content (AvgIpc) is 1.79. The van der Waals surface area contributed by atoms with Gasteiger partial charge in [-0.05, 0) is 19.1 Å². The Morgan fingerprint density at radius 1 is 1.70 bits per heavy atom. The van der Waals surface area contributed by atoms with E-state index in [1.807, 2.05) is 0 Å². The maximum atomic E-state index is 10.3. The fourth-order valence-corrected chi connectivity index (χ4v) is 0.359. The van der Waals surface area contributed by atoms with Crippen LogP contribution in [0.2, 0.25) is 0 Å². The lowest BCUT2D eigenvalue weighted by atomic mass is 10.4. The van der Waals surface area contributed by atoms with Gasteiger partial charge >= 0.3 is 0 Å². The SMILES string of the molecule is C=C(Cl)/N=C\C=C\C(C)=O. The van der Waals surface area contributed by atoms with E-state index < -0.39 is 0 Å². The van der Waals surface area contributed by atoms with Crippen LogP contribution in [0.4, 0.5) is 0 Å². The second-order valence-electron chi connectivity index (χ2n) is 1.62.